The van der Waals surface area contributed by atoms with Crippen LogP contribution in [0.4, 0.5) is 0 Å². The normalized spacial score (nSPS) is 13.7. The van der Waals surface area contributed by atoms with Gasteiger partial charge < -0.3 is 5.32 Å². The average molecular weight is 240 g/mol. The van der Waals surface area contributed by atoms with Crippen molar-refractivity contribution in [1.29, 1.82) is 0 Å². The van der Waals surface area contributed by atoms with Crippen molar-refractivity contribution >= 4 is 11.3 Å². The molecular weight excluding hydrogens is 216 g/mol. The van der Waals surface area contributed by atoms with Gasteiger partial charge in [-0.3, -0.25) is 0 Å². The Labute approximate surface area is 103 Å². The summed E-state index contributed by atoms with van der Waals surface area (Å²) in [7, 11) is 0. The summed E-state index contributed by atoms with van der Waals surface area (Å²) in [5.74, 6) is 0.541. The molecule has 1 N–H and O–H groups in total. The Bertz CT molecular complexity index is 303. The summed E-state index contributed by atoms with van der Waals surface area (Å²) in [6.07, 6.45) is 2.37. The molecule has 0 saturated heterocycles. The minimum atomic E-state index is 0.369. The van der Waals surface area contributed by atoms with E-state index in [9.17, 15) is 0 Å². The van der Waals surface area contributed by atoms with Crippen LogP contribution in [-0.2, 0) is 0 Å². The molecule has 1 rings (SSSR count). The first-order chi connectivity index (χ1) is 7.58. The van der Waals surface area contributed by atoms with Crippen molar-refractivity contribution in [2.24, 2.45) is 0 Å². The molecule has 0 aromatic carbocycles. The number of nitrogens with zero attached hydrogens (tertiary/aromatic N) is 1. The van der Waals surface area contributed by atoms with E-state index in [2.05, 4.69) is 50.3 Å². The molecule has 0 saturated carbocycles. The van der Waals surface area contributed by atoms with E-state index in [1.54, 1.807) is 11.3 Å². The first-order valence-electron chi connectivity index (χ1n) is 6.29. The summed E-state index contributed by atoms with van der Waals surface area (Å²) < 4.78 is 0. The summed E-state index contributed by atoms with van der Waals surface area (Å²) in [5, 5.41) is 7.06. The second kappa shape index (κ2) is 6.36. The largest absolute Gasteiger partial charge is 0.306 e. The predicted molar refractivity (Wildman–Crippen MR) is 72.1 cm³/mol. The van der Waals surface area contributed by atoms with E-state index in [-0.39, 0.29) is 0 Å². The molecule has 1 unspecified atom stereocenters. The van der Waals surface area contributed by atoms with E-state index < -0.39 is 0 Å². The highest BCUT2D eigenvalue weighted by Crippen LogP contribution is 2.23. The molecule has 0 aliphatic rings. The lowest BCUT2D eigenvalue weighted by Crippen LogP contribution is -2.30. The first-order valence-corrected chi connectivity index (χ1v) is 7.17. The summed E-state index contributed by atoms with van der Waals surface area (Å²) >= 11 is 1.78. The Morgan fingerprint density at radius 2 is 1.88 bits per heavy atom. The molecule has 0 bridgehead atoms. The van der Waals surface area contributed by atoms with Gasteiger partial charge in [-0.25, -0.2) is 4.98 Å². The minimum Gasteiger partial charge on any atom is -0.306 e. The highest BCUT2D eigenvalue weighted by Gasteiger charge is 2.14. The number of thiazole rings is 1. The highest BCUT2D eigenvalue weighted by atomic mass is 32.1. The third-order valence-corrected chi connectivity index (χ3v) is 4.11. The van der Waals surface area contributed by atoms with E-state index in [4.69, 9.17) is 0 Å². The monoisotopic (exact) mass is 240 g/mol. The summed E-state index contributed by atoms with van der Waals surface area (Å²) in [6, 6.07) is 0.979. The van der Waals surface area contributed by atoms with E-state index in [0.29, 0.717) is 18.0 Å². The minimum absolute atomic E-state index is 0.369. The zero-order chi connectivity index (χ0) is 12.1. The Morgan fingerprint density at radius 1 is 1.25 bits per heavy atom. The fraction of sp³-hybridized carbons (Fsp3) is 0.769. The van der Waals surface area contributed by atoms with Crippen LogP contribution in [0.1, 0.15) is 70.1 Å². The lowest BCUT2D eigenvalue weighted by molar-refractivity contribution is 0.428. The molecule has 0 radical (unpaired) electrons. The molecule has 0 fully saturated rings. The van der Waals surface area contributed by atoms with E-state index in [1.165, 1.54) is 23.5 Å². The van der Waals surface area contributed by atoms with Crippen LogP contribution < -0.4 is 5.32 Å². The molecule has 16 heavy (non-hydrogen) atoms. The third-order valence-electron chi connectivity index (χ3n) is 2.95. The van der Waals surface area contributed by atoms with Crippen LogP contribution >= 0.6 is 11.3 Å². The molecular formula is C13H24N2S. The van der Waals surface area contributed by atoms with Crippen LogP contribution in [-0.4, -0.2) is 11.0 Å². The van der Waals surface area contributed by atoms with Gasteiger partial charge in [0.05, 0.1) is 10.7 Å². The Morgan fingerprint density at radius 3 is 2.31 bits per heavy atom. The van der Waals surface area contributed by atoms with Gasteiger partial charge in [-0.15, -0.1) is 11.3 Å². The van der Waals surface area contributed by atoms with Crippen LogP contribution in [0, 0.1) is 0 Å². The van der Waals surface area contributed by atoms with Gasteiger partial charge >= 0.3 is 0 Å². The van der Waals surface area contributed by atoms with Gasteiger partial charge in [0.2, 0.25) is 0 Å². The lowest BCUT2D eigenvalue weighted by Gasteiger charge is -2.19. The molecule has 0 aliphatic heterocycles. The van der Waals surface area contributed by atoms with Crippen molar-refractivity contribution in [3.8, 4) is 0 Å². The second-order valence-corrected chi connectivity index (χ2v) is 5.56. The van der Waals surface area contributed by atoms with Crippen molar-refractivity contribution in [1.82, 2.24) is 10.3 Å². The molecule has 2 nitrogen and oxygen atoms in total. The zero-order valence-electron chi connectivity index (χ0n) is 11.1. The van der Waals surface area contributed by atoms with Crippen molar-refractivity contribution in [2.75, 3.05) is 0 Å². The van der Waals surface area contributed by atoms with Gasteiger partial charge in [0.15, 0.2) is 0 Å². The SMILES string of the molecule is CCC(CC)NC(C)c1csc(C(C)C)n1. The topological polar surface area (TPSA) is 24.9 Å². The highest BCUT2D eigenvalue weighted by molar-refractivity contribution is 7.09. The van der Waals surface area contributed by atoms with Crippen LogP contribution in [0.3, 0.4) is 0 Å². The van der Waals surface area contributed by atoms with E-state index in [1.807, 2.05) is 0 Å². The van der Waals surface area contributed by atoms with Gasteiger partial charge in [-0.05, 0) is 19.8 Å². The first kappa shape index (κ1) is 13.7. The van der Waals surface area contributed by atoms with Crippen LogP contribution in [0.25, 0.3) is 0 Å². The summed E-state index contributed by atoms with van der Waals surface area (Å²) in [5.41, 5.74) is 1.20. The lowest BCUT2D eigenvalue weighted by atomic mass is 10.1. The average Bonchev–Trinajstić information content (AvgIpc) is 2.74. The van der Waals surface area contributed by atoms with E-state index >= 15 is 0 Å². The number of nitrogens with one attached hydrogen (secondary N) is 1. The summed E-state index contributed by atoms with van der Waals surface area (Å²) in [6.45, 7) is 11.1. The maximum atomic E-state index is 4.69. The van der Waals surface area contributed by atoms with Gasteiger partial charge in [-0.2, -0.15) is 0 Å². The number of hydrogen-bond acceptors (Lipinski definition) is 3. The van der Waals surface area contributed by atoms with Crippen LogP contribution in [0.15, 0.2) is 5.38 Å². The molecule has 92 valence electrons. The molecule has 1 heterocycles. The van der Waals surface area contributed by atoms with E-state index in [0.717, 1.165) is 0 Å². The molecule has 0 aliphatic carbocycles. The number of aromatic nitrogens is 1. The van der Waals surface area contributed by atoms with Gasteiger partial charge in [0, 0.05) is 23.4 Å². The maximum Gasteiger partial charge on any atom is 0.0954 e. The quantitative estimate of drug-likeness (QED) is 0.809. The smallest absolute Gasteiger partial charge is 0.0954 e. The van der Waals surface area contributed by atoms with Gasteiger partial charge in [0.1, 0.15) is 0 Å². The van der Waals surface area contributed by atoms with Gasteiger partial charge in [0.25, 0.3) is 0 Å². The molecule has 0 spiro atoms. The predicted octanol–water partition coefficient (Wildman–Crippen LogP) is 4.11. The van der Waals surface area contributed by atoms with Crippen LogP contribution in [0.5, 0.6) is 0 Å². The Balaban J connectivity index is 2.61. The third kappa shape index (κ3) is 3.56. The van der Waals surface area contributed by atoms with Crippen molar-refractivity contribution in [3.63, 3.8) is 0 Å². The van der Waals surface area contributed by atoms with Crippen LogP contribution in [0.2, 0.25) is 0 Å². The standard InChI is InChI=1S/C13H24N2S/c1-6-11(7-2)14-10(5)12-8-16-13(15-12)9(3)4/h8-11,14H,6-7H2,1-5H3. The van der Waals surface area contributed by atoms with Gasteiger partial charge in [-0.1, -0.05) is 27.7 Å². The molecule has 1 atom stereocenters. The summed E-state index contributed by atoms with van der Waals surface area (Å²) in [4.78, 5) is 4.69. The Kier molecular flexibility index (Phi) is 5.42. The van der Waals surface area contributed by atoms with Crippen molar-refractivity contribution in [3.05, 3.63) is 16.1 Å². The number of rotatable bonds is 6. The zero-order valence-corrected chi connectivity index (χ0v) is 11.9. The molecule has 3 heteroatoms. The Hall–Kier alpha value is -0.410. The fourth-order valence-corrected chi connectivity index (χ4v) is 2.66. The number of hydrogen-bond donors (Lipinski definition) is 1. The maximum absolute atomic E-state index is 4.69. The van der Waals surface area contributed by atoms with Crippen molar-refractivity contribution < 1.29 is 0 Å². The second-order valence-electron chi connectivity index (χ2n) is 4.67. The molecule has 1 aromatic rings. The molecule has 0 amide bonds. The molecule has 1 aromatic heterocycles. The van der Waals surface area contributed by atoms with Crippen molar-refractivity contribution in [2.45, 2.75) is 65.5 Å². The fourth-order valence-electron chi connectivity index (χ4n) is 1.73.